The summed E-state index contributed by atoms with van der Waals surface area (Å²) in [5.74, 6) is 1.15. The van der Waals surface area contributed by atoms with Gasteiger partial charge in [0.2, 0.25) is 5.91 Å². The van der Waals surface area contributed by atoms with Crippen molar-refractivity contribution in [3.05, 3.63) is 29.8 Å². The molecule has 0 bridgehead atoms. The number of nitrogens with one attached hydrogen (secondary N) is 1. The average molecular weight is 327 g/mol. The van der Waals surface area contributed by atoms with Crippen LogP contribution in [0.4, 0.5) is 0 Å². The van der Waals surface area contributed by atoms with Gasteiger partial charge in [-0.3, -0.25) is 4.79 Å². The summed E-state index contributed by atoms with van der Waals surface area (Å²) in [4.78, 5) is 14.1. The summed E-state index contributed by atoms with van der Waals surface area (Å²) in [5.41, 5.74) is 1.19. The maximum Gasteiger partial charge on any atom is 0.222 e. The highest BCUT2D eigenvalue weighted by Gasteiger charge is 2.21. The van der Waals surface area contributed by atoms with Crippen LogP contribution in [0.3, 0.4) is 0 Å². The number of likely N-dealkylation sites (tertiary alicyclic amines) is 1. The monoisotopic (exact) mass is 326 g/mol. The summed E-state index contributed by atoms with van der Waals surface area (Å²) in [6.07, 6.45) is 3.47. The van der Waals surface area contributed by atoms with Crippen molar-refractivity contribution in [2.24, 2.45) is 0 Å². The molecule has 4 nitrogen and oxygen atoms in total. The highest BCUT2D eigenvalue weighted by atomic mass is 35.5. The van der Waals surface area contributed by atoms with Gasteiger partial charge in [-0.1, -0.05) is 12.1 Å². The van der Waals surface area contributed by atoms with Gasteiger partial charge in [0.1, 0.15) is 5.75 Å². The number of aryl methyl sites for hydroxylation is 1. The fraction of sp³-hybridized carbons (Fsp3) is 0.588. The fourth-order valence-corrected chi connectivity index (χ4v) is 2.69. The molecule has 2 rings (SSSR count). The number of nitrogens with zero attached hydrogens (tertiary/aromatic N) is 1. The lowest BCUT2D eigenvalue weighted by molar-refractivity contribution is -0.132. The Kier molecular flexibility index (Phi) is 8.28. The van der Waals surface area contributed by atoms with Crippen molar-refractivity contribution in [2.45, 2.75) is 38.6 Å². The second-order valence-electron chi connectivity index (χ2n) is 5.71. The number of amides is 1. The quantitative estimate of drug-likeness (QED) is 0.817. The van der Waals surface area contributed by atoms with Gasteiger partial charge >= 0.3 is 0 Å². The Morgan fingerprint density at radius 2 is 2.09 bits per heavy atom. The molecule has 1 aromatic rings. The van der Waals surface area contributed by atoms with Crippen LogP contribution in [0.15, 0.2) is 24.3 Å². The van der Waals surface area contributed by atoms with Crippen molar-refractivity contribution >= 4 is 18.3 Å². The molecule has 1 fully saturated rings. The molecule has 22 heavy (non-hydrogen) atoms. The highest BCUT2D eigenvalue weighted by Crippen LogP contribution is 2.14. The summed E-state index contributed by atoms with van der Waals surface area (Å²) in [5, 5.41) is 3.28. The van der Waals surface area contributed by atoms with Crippen LogP contribution in [-0.2, 0) is 4.79 Å². The number of halogens is 1. The predicted octanol–water partition coefficient (Wildman–Crippen LogP) is 2.79. The van der Waals surface area contributed by atoms with Gasteiger partial charge in [0.05, 0.1) is 6.61 Å². The first-order chi connectivity index (χ1) is 10.2. The van der Waals surface area contributed by atoms with E-state index in [4.69, 9.17) is 4.74 Å². The molecule has 5 heteroatoms. The van der Waals surface area contributed by atoms with Gasteiger partial charge in [0, 0.05) is 25.6 Å². The molecule has 1 amide bonds. The van der Waals surface area contributed by atoms with Crippen LogP contribution < -0.4 is 10.1 Å². The third kappa shape index (κ3) is 5.85. The normalized spacial score (nSPS) is 15.3. The topological polar surface area (TPSA) is 41.6 Å². The lowest BCUT2D eigenvalue weighted by Gasteiger charge is -2.31. The number of benzene rings is 1. The van der Waals surface area contributed by atoms with Gasteiger partial charge in [0.25, 0.3) is 0 Å². The molecule has 0 spiro atoms. The van der Waals surface area contributed by atoms with E-state index in [0.29, 0.717) is 19.1 Å². The third-order valence-electron chi connectivity index (χ3n) is 4.05. The minimum absolute atomic E-state index is 0. The molecule has 0 saturated carbocycles. The smallest absolute Gasteiger partial charge is 0.222 e. The second-order valence-corrected chi connectivity index (χ2v) is 5.71. The number of ether oxygens (including phenoxy) is 1. The molecule has 0 aliphatic carbocycles. The summed E-state index contributed by atoms with van der Waals surface area (Å²) < 4.78 is 5.68. The van der Waals surface area contributed by atoms with E-state index in [2.05, 4.69) is 5.32 Å². The Hall–Kier alpha value is -1.26. The van der Waals surface area contributed by atoms with E-state index in [1.165, 1.54) is 5.56 Å². The molecular weight excluding hydrogens is 300 g/mol. The number of carbonyl (C=O) groups excluding carboxylic acids is 1. The molecule has 1 heterocycles. The van der Waals surface area contributed by atoms with Crippen LogP contribution in [0.25, 0.3) is 0 Å². The first kappa shape index (κ1) is 18.8. The van der Waals surface area contributed by atoms with E-state index >= 15 is 0 Å². The summed E-state index contributed by atoms with van der Waals surface area (Å²) >= 11 is 0. The average Bonchev–Trinajstić information content (AvgIpc) is 2.51. The number of piperidine rings is 1. The SMILES string of the molecule is CNC1CCN(C(=O)CCCOc2cccc(C)c2)CC1.Cl. The van der Waals surface area contributed by atoms with Crippen molar-refractivity contribution in [1.82, 2.24) is 10.2 Å². The number of hydrogen-bond acceptors (Lipinski definition) is 3. The molecule has 0 unspecified atom stereocenters. The summed E-state index contributed by atoms with van der Waals surface area (Å²) in [7, 11) is 1.99. The minimum Gasteiger partial charge on any atom is -0.494 e. The molecule has 1 saturated heterocycles. The zero-order chi connectivity index (χ0) is 15.1. The largest absolute Gasteiger partial charge is 0.494 e. The maximum absolute atomic E-state index is 12.1. The first-order valence-electron chi connectivity index (χ1n) is 7.83. The van der Waals surface area contributed by atoms with Gasteiger partial charge in [-0.25, -0.2) is 0 Å². The van der Waals surface area contributed by atoms with Gasteiger partial charge < -0.3 is 15.0 Å². The number of rotatable bonds is 6. The van der Waals surface area contributed by atoms with E-state index in [9.17, 15) is 4.79 Å². The maximum atomic E-state index is 12.1. The molecule has 1 aliphatic heterocycles. The van der Waals surface area contributed by atoms with Crippen LogP contribution in [0, 0.1) is 6.92 Å². The number of carbonyl (C=O) groups is 1. The van der Waals surface area contributed by atoms with Gasteiger partial charge in [-0.15, -0.1) is 12.4 Å². The minimum atomic E-state index is 0. The van der Waals surface area contributed by atoms with E-state index in [-0.39, 0.29) is 18.3 Å². The van der Waals surface area contributed by atoms with E-state index < -0.39 is 0 Å². The highest BCUT2D eigenvalue weighted by molar-refractivity contribution is 5.85. The summed E-state index contributed by atoms with van der Waals surface area (Å²) in [6, 6.07) is 8.58. The lowest BCUT2D eigenvalue weighted by Crippen LogP contribution is -2.43. The molecule has 124 valence electrons. The number of hydrogen-bond donors (Lipinski definition) is 1. The van der Waals surface area contributed by atoms with Crippen molar-refractivity contribution in [3.63, 3.8) is 0 Å². The Bertz CT molecular complexity index is 460. The van der Waals surface area contributed by atoms with Crippen molar-refractivity contribution in [1.29, 1.82) is 0 Å². The molecule has 1 aromatic carbocycles. The van der Waals surface area contributed by atoms with Gasteiger partial charge in [0.15, 0.2) is 0 Å². The molecular formula is C17H27ClN2O2. The van der Waals surface area contributed by atoms with Crippen LogP contribution in [0.5, 0.6) is 5.75 Å². The van der Waals surface area contributed by atoms with E-state index in [1.807, 2.05) is 43.1 Å². The van der Waals surface area contributed by atoms with E-state index in [1.54, 1.807) is 0 Å². The molecule has 0 radical (unpaired) electrons. The molecule has 0 aromatic heterocycles. The molecule has 0 atom stereocenters. The van der Waals surface area contributed by atoms with Gasteiger partial charge in [-0.2, -0.15) is 0 Å². The van der Waals surface area contributed by atoms with Crippen LogP contribution in [-0.4, -0.2) is 43.6 Å². The van der Waals surface area contributed by atoms with Crippen molar-refractivity contribution < 1.29 is 9.53 Å². The molecule has 1 N–H and O–H groups in total. The first-order valence-corrected chi connectivity index (χ1v) is 7.83. The Morgan fingerprint density at radius 3 is 2.73 bits per heavy atom. The Morgan fingerprint density at radius 1 is 1.36 bits per heavy atom. The van der Waals surface area contributed by atoms with E-state index in [0.717, 1.165) is 38.1 Å². The van der Waals surface area contributed by atoms with Crippen molar-refractivity contribution in [2.75, 3.05) is 26.7 Å². The zero-order valence-corrected chi connectivity index (χ0v) is 14.3. The lowest BCUT2D eigenvalue weighted by atomic mass is 10.0. The Balaban J connectivity index is 0.00000242. The van der Waals surface area contributed by atoms with Crippen LogP contribution in [0.1, 0.15) is 31.2 Å². The third-order valence-corrected chi connectivity index (χ3v) is 4.05. The zero-order valence-electron chi connectivity index (χ0n) is 13.5. The predicted molar refractivity (Wildman–Crippen MR) is 91.8 cm³/mol. The van der Waals surface area contributed by atoms with Crippen LogP contribution in [0.2, 0.25) is 0 Å². The standard InChI is InChI=1S/C17H26N2O2.ClH/c1-14-5-3-6-16(13-14)21-12-4-7-17(20)19-10-8-15(18-2)9-11-19;/h3,5-6,13,15,18H,4,7-12H2,1-2H3;1H. The summed E-state index contributed by atoms with van der Waals surface area (Å²) in [6.45, 7) is 4.40. The second kappa shape index (κ2) is 9.70. The fourth-order valence-electron chi connectivity index (χ4n) is 2.69. The molecule has 1 aliphatic rings. The van der Waals surface area contributed by atoms with Crippen LogP contribution >= 0.6 is 12.4 Å². The van der Waals surface area contributed by atoms with Gasteiger partial charge in [-0.05, 0) is 50.9 Å². The Labute approximate surface area is 139 Å². The van der Waals surface area contributed by atoms with Crippen molar-refractivity contribution in [3.8, 4) is 5.75 Å².